The van der Waals surface area contributed by atoms with Crippen LogP contribution in [0.1, 0.15) is 26.2 Å². The van der Waals surface area contributed by atoms with Gasteiger partial charge in [0.1, 0.15) is 5.75 Å². The highest BCUT2D eigenvalue weighted by Crippen LogP contribution is 2.27. The summed E-state index contributed by atoms with van der Waals surface area (Å²) in [4.78, 5) is 2.54. The molecular formula is C15H21BrClNO. The molecule has 0 aliphatic carbocycles. The van der Waals surface area contributed by atoms with Crippen LogP contribution in [0.5, 0.6) is 5.75 Å². The Labute approximate surface area is 129 Å². The molecule has 0 radical (unpaired) electrons. The van der Waals surface area contributed by atoms with Gasteiger partial charge in [-0.25, -0.2) is 0 Å². The summed E-state index contributed by atoms with van der Waals surface area (Å²) in [6.07, 6.45) is 3.77. The molecule has 1 fully saturated rings. The molecule has 0 N–H and O–H groups in total. The van der Waals surface area contributed by atoms with Crippen molar-refractivity contribution in [2.45, 2.75) is 26.2 Å². The maximum atomic E-state index is 6.11. The molecule has 0 bridgehead atoms. The van der Waals surface area contributed by atoms with Crippen LogP contribution in [0.15, 0.2) is 22.7 Å². The Morgan fingerprint density at radius 1 is 1.47 bits per heavy atom. The zero-order valence-corrected chi connectivity index (χ0v) is 13.7. The van der Waals surface area contributed by atoms with Crippen LogP contribution in [-0.2, 0) is 0 Å². The third-order valence-electron chi connectivity index (χ3n) is 3.51. The molecule has 1 atom stereocenters. The Hall–Kier alpha value is -0.250. The number of nitrogens with zero attached hydrogens (tertiary/aromatic N) is 1. The fourth-order valence-corrected chi connectivity index (χ4v) is 3.28. The number of likely N-dealkylation sites (tertiary alicyclic amines) is 1. The van der Waals surface area contributed by atoms with E-state index < -0.39 is 0 Å². The van der Waals surface area contributed by atoms with E-state index in [1.54, 1.807) is 0 Å². The predicted molar refractivity (Wildman–Crippen MR) is 84.1 cm³/mol. The van der Waals surface area contributed by atoms with Crippen molar-refractivity contribution in [3.8, 4) is 5.75 Å². The second-order valence-electron chi connectivity index (χ2n) is 5.32. The van der Waals surface area contributed by atoms with Crippen LogP contribution in [0.25, 0.3) is 0 Å². The third-order valence-corrected chi connectivity index (χ3v) is 4.30. The molecule has 0 aromatic heterocycles. The van der Waals surface area contributed by atoms with E-state index in [1.165, 1.54) is 25.9 Å². The minimum Gasteiger partial charge on any atom is -0.492 e. The van der Waals surface area contributed by atoms with Crippen molar-refractivity contribution in [1.29, 1.82) is 0 Å². The standard InChI is InChI=1S/C15H21BrClNO/c1-12-4-2-7-18(11-12)8-3-9-19-15-6-5-13(16)10-14(15)17/h5-6,10,12H,2-4,7-9,11H2,1H3/t12-/m1/s1. The average molecular weight is 347 g/mol. The zero-order valence-electron chi connectivity index (χ0n) is 11.4. The molecule has 0 saturated carbocycles. The van der Waals surface area contributed by atoms with E-state index in [0.29, 0.717) is 5.02 Å². The van der Waals surface area contributed by atoms with Gasteiger partial charge in [0.2, 0.25) is 0 Å². The second kappa shape index (κ2) is 7.51. The lowest BCUT2D eigenvalue weighted by molar-refractivity contribution is 0.170. The molecule has 0 amide bonds. The summed E-state index contributed by atoms with van der Waals surface area (Å²) in [6.45, 7) is 6.66. The molecule has 1 aromatic carbocycles. The molecule has 0 spiro atoms. The first-order valence-corrected chi connectivity index (χ1v) is 8.12. The van der Waals surface area contributed by atoms with Crippen LogP contribution >= 0.6 is 27.5 Å². The topological polar surface area (TPSA) is 12.5 Å². The SMILES string of the molecule is C[C@@H]1CCCN(CCCOc2ccc(Br)cc2Cl)C1. The highest BCUT2D eigenvalue weighted by molar-refractivity contribution is 9.10. The van der Waals surface area contributed by atoms with Gasteiger partial charge in [0.15, 0.2) is 0 Å². The molecule has 2 nitrogen and oxygen atoms in total. The zero-order chi connectivity index (χ0) is 13.7. The summed E-state index contributed by atoms with van der Waals surface area (Å²) >= 11 is 9.50. The van der Waals surface area contributed by atoms with Crippen molar-refractivity contribution in [3.63, 3.8) is 0 Å². The minimum atomic E-state index is 0.668. The largest absolute Gasteiger partial charge is 0.492 e. The highest BCUT2D eigenvalue weighted by atomic mass is 79.9. The monoisotopic (exact) mass is 345 g/mol. The number of piperidine rings is 1. The lowest BCUT2D eigenvalue weighted by Crippen LogP contribution is -2.35. The van der Waals surface area contributed by atoms with Gasteiger partial charge in [0.25, 0.3) is 0 Å². The number of ether oxygens (including phenoxy) is 1. The fraction of sp³-hybridized carbons (Fsp3) is 0.600. The molecule has 106 valence electrons. The summed E-state index contributed by atoms with van der Waals surface area (Å²) in [5.74, 6) is 1.62. The predicted octanol–water partition coefficient (Wildman–Crippen LogP) is 4.60. The van der Waals surface area contributed by atoms with Crippen LogP contribution in [-0.4, -0.2) is 31.1 Å². The summed E-state index contributed by atoms with van der Waals surface area (Å²) in [6, 6.07) is 5.73. The van der Waals surface area contributed by atoms with Crippen LogP contribution in [0, 0.1) is 5.92 Å². The van der Waals surface area contributed by atoms with E-state index in [1.807, 2.05) is 18.2 Å². The Morgan fingerprint density at radius 3 is 3.05 bits per heavy atom. The van der Waals surface area contributed by atoms with E-state index >= 15 is 0 Å². The van der Waals surface area contributed by atoms with Gasteiger partial charge in [-0.3, -0.25) is 0 Å². The van der Waals surface area contributed by atoms with Crippen LogP contribution in [0.2, 0.25) is 5.02 Å². The number of benzene rings is 1. The molecule has 1 heterocycles. The van der Waals surface area contributed by atoms with Gasteiger partial charge in [-0.1, -0.05) is 34.5 Å². The molecule has 4 heteroatoms. The summed E-state index contributed by atoms with van der Waals surface area (Å²) in [5.41, 5.74) is 0. The van der Waals surface area contributed by atoms with Gasteiger partial charge < -0.3 is 9.64 Å². The summed E-state index contributed by atoms with van der Waals surface area (Å²) in [7, 11) is 0. The molecule has 1 aromatic rings. The number of hydrogen-bond donors (Lipinski definition) is 0. The van der Waals surface area contributed by atoms with Gasteiger partial charge in [-0.05, 0) is 49.9 Å². The average Bonchev–Trinajstić information content (AvgIpc) is 2.37. The molecule has 0 unspecified atom stereocenters. The Kier molecular flexibility index (Phi) is 5.99. The van der Waals surface area contributed by atoms with Gasteiger partial charge in [-0.2, -0.15) is 0 Å². The lowest BCUT2D eigenvalue weighted by atomic mass is 10.0. The summed E-state index contributed by atoms with van der Waals surface area (Å²) in [5, 5.41) is 0.668. The Morgan fingerprint density at radius 2 is 2.32 bits per heavy atom. The first-order valence-electron chi connectivity index (χ1n) is 6.95. The van der Waals surface area contributed by atoms with E-state index in [-0.39, 0.29) is 0 Å². The highest BCUT2D eigenvalue weighted by Gasteiger charge is 2.15. The van der Waals surface area contributed by atoms with Gasteiger partial charge in [0, 0.05) is 17.6 Å². The molecule has 1 aliphatic heterocycles. The first kappa shape index (κ1) is 15.1. The van der Waals surface area contributed by atoms with Crippen molar-refractivity contribution < 1.29 is 4.74 Å². The van der Waals surface area contributed by atoms with E-state index in [0.717, 1.165) is 35.7 Å². The molecule has 2 rings (SSSR count). The Balaban J connectivity index is 1.69. The fourth-order valence-electron chi connectivity index (χ4n) is 2.55. The van der Waals surface area contributed by atoms with Crippen molar-refractivity contribution in [1.82, 2.24) is 4.90 Å². The number of halogens is 2. The quantitative estimate of drug-likeness (QED) is 0.722. The van der Waals surface area contributed by atoms with Crippen molar-refractivity contribution in [2.75, 3.05) is 26.2 Å². The minimum absolute atomic E-state index is 0.668. The molecular weight excluding hydrogens is 326 g/mol. The maximum Gasteiger partial charge on any atom is 0.137 e. The van der Waals surface area contributed by atoms with Crippen LogP contribution in [0.3, 0.4) is 0 Å². The summed E-state index contributed by atoms with van der Waals surface area (Å²) < 4.78 is 6.71. The van der Waals surface area contributed by atoms with Crippen molar-refractivity contribution >= 4 is 27.5 Å². The number of hydrogen-bond acceptors (Lipinski definition) is 2. The molecule has 19 heavy (non-hydrogen) atoms. The lowest BCUT2D eigenvalue weighted by Gasteiger charge is -2.30. The smallest absolute Gasteiger partial charge is 0.137 e. The second-order valence-corrected chi connectivity index (χ2v) is 6.65. The first-order chi connectivity index (χ1) is 9.15. The third kappa shape index (κ3) is 4.97. The van der Waals surface area contributed by atoms with Gasteiger partial charge in [0.05, 0.1) is 11.6 Å². The normalized spacial score (nSPS) is 20.5. The van der Waals surface area contributed by atoms with E-state index in [2.05, 4.69) is 27.8 Å². The maximum absolute atomic E-state index is 6.11. The molecule has 1 aliphatic rings. The van der Waals surface area contributed by atoms with Crippen LogP contribution < -0.4 is 4.74 Å². The van der Waals surface area contributed by atoms with Gasteiger partial charge in [-0.15, -0.1) is 0 Å². The van der Waals surface area contributed by atoms with E-state index in [4.69, 9.17) is 16.3 Å². The van der Waals surface area contributed by atoms with Crippen molar-refractivity contribution in [2.24, 2.45) is 5.92 Å². The Bertz CT molecular complexity index is 413. The van der Waals surface area contributed by atoms with Crippen LogP contribution in [0.4, 0.5) is 0 Å². The molecule has 1 saturated heterocycles. The van der Waals surface area contributed by atoms with Crippen molar-refractivity contribution in [3.05, 3.63) is 27.7 Å². The number of rotatable bonds is 5. The van der Waals surface area contributed by atoms with Gasteiger partial charge >= 0.3 is 0 Å². The van der Waals surface area contributed by atoms with E-state index in [9.17, 15) is 0 Å².